The topological polar surface area (TPSA) is 105 Å². The molecule has 3 N–H and O–H groups in total. The third kappa shape index (κ3) is 6.80. The van der Waals surface area contributed by atoms with E-state index in [0.717, 1.165) is 21.9 Å². The molecule has 3 rings (SSSR count). The van der Waals surface area contributed by atoms with Crippen LogP contribution in [0.3, 0.4) is 0 Å². The monoisotopic (exact) mass is 448 g/mol. The lowest BCUT2D eigenvalue weighted by Crippen LogP contribution is -2.54. The van der Waals surface area contributed by atoms with Crippen molar-refractivity contribution in [1.82, 2.24) is 10.6 Å². The van der Waals surface area contributed by atoms with Crippen LogP contribution in [0.2, 0.25) is 0 Å². The van der Waals surface area contributed by atoms with E-state index < -0.39 is 30.1 Å². The van der Waals surface area contributed by atoms with Crippen LogP contribution in [0.25, 0.3) is 10.8 Å². The van der Waals surface area contributed by atoms with Crippen LogP contribution in [0, 0.1) is 5.92 Å². The molecule has 0 fully saturated rings. The molecule has 0 unspecified atom stereocenters. The summed E-state index contributed by atoms with van der Waals surface area (Å²) in [5, 5.41) is 16.8. The fourth-order valence-corrected chi connectivity index (χ4v) is 3.49. The van der Waals surface area contributed by atoms with Gasteiger partial charge in [0, 0.05) is 6.42 Å². The summed E-state index contributed by atoms with van der Waals surface area (Å²) in [6, 6.07) is 20.6. The van der Waals surface area contributed by atoms with E-state index in [1.807, 2.05) is 72.8 Å². The average Bonchev–Trinajstić information content (AvgIpc) is 2.81. The average molecular weight is 449 g/mol. The Bertz CT molecular complexity index is 1110. The Kier molecular flexibility index (Phi) is 8.02. The zero-order valence-electron chi connectivity index (χ0n) is 18.7. The normalized spacial score (nSPS) is 12.7. The first kappa shape index (κ1) is 23.8. The highest BCUT2D eigenvalue weighted by Crippen LogP contribution is 2.17. The van der Waals surface area contributed by atoms with Crippen LogP contribution < -0.4 is 10.6 Å². The summed E-state index contributed by atoms with van der Waals surface area (Å²) < 4.78 is 5.20. The Morgan fingerprint density at radius 1 is 0.848 bits per heavy atom. The molecule has 2 amide bonds. The maximum absolute atomic E-state index is 12.9. The second kappa shape index (κ2) is 11.1. The highest BCUT2D eigenvalue weighted by molar-refractivity contribution is 5.89. The minimum atomic E-state index is -1.15. The molecule has 0 aromatic heterocycles. The van der Waals surface area contributed by atoms with Crippen molar-refractivity contribution in [2.45, 2.75) is 39.0 Å². The summed E-state index contributed by atoms with van der Waals surface area (Å²) in [6.45, 7) is 3.60. The zero-order chi connectivity index (χ0) is 23.8. The summed E-state index contributed by atoms with van der Waals surface area (Å²) >= 11 is 0. The van der Waals surface area contributed by atoms with Crippen LogP contribution in [-0.4, -0.2) is 35.2 Å². The van der Waals surface area contributed by atoms with Gasteiger partial charge in [0.2, 0.25) is 5.91 Å². The van der Waals surface area contributed by atoms with Crippen molar-refractivity contribution >= 4 is 28.7 Å². The Morgan fingerprint density at radius 3 is 2.18 bits per heavy atom. The highest BCUT2D eigenvalue weighted by Gasteiger charge is 2.29. The van der Waals surface area contributed by atoms with Gasteiger partial charge in [0.1, 0.15) is 18.7 Å². The summed E-state index contributed by atoms with van der Waals surface area (Å²) in [6.07, 6.45) is -0.621. The molecule has 7 nitrogen and oxygen atoms in total. The number of rotatable bonds is 9. The molecule has 2 atom stereocenters. The van der Waals surface area contributed by atoms with E-state index in [2.05, 4.69) is 10.6 Å². The number of ether oxygens (including phenoxy) is 1. The first-order valence-electron chi connectivity index (χ1n) is 10.8. The van der Waals surface area contributed by atoms with Crippen molar-refractivity contribution < 1.29 is 24.2 Å². The quantitative estimate of drug-likeness (QED) is 0.460. The molecule has 0 aliphatic rings. The molecule has 172 valence electrons. The van der Waals surface area contributed by atoms with E-state index in [-0.39, 0.29) is 18.9 Å². The lowest BCUT2D eigenvalue weighted by atomic mass is 10.00. The number of benzene rings is 3. The number of carboxylic acid groups (broad SMARTS) is 1. The number of aliphatic carboxylic acids is 1. The Labute approximate surface area is 192 Å². The second-order valence-corrected chi connectivity index (χ2v) is 8.21. The standard InChI is InChI=1S/C26H28N2O5/c1-17(2)23(28-26(32)33-16-18-8-4-3-5-9-18)24(29)27-22(25(30)31)15-19-12-13-20-10-6-7-11-21(20)14-19/h3-14,17,22-23H,15-16H2,1-2H3,(H,27,29)(H,28,32)(H,30,31)/t22-,23-/m0/s1. The van der Waals surface area contributed by atoms with Crippen molar-refractivity contribution in [3.63, 3.8) is 0 Å². The highest BCUT2D eigenvalue weighted by atomic mass is 16.5. The van der Waals surface area contributed by atoms with Crippen LogP contribution in [0.15, 0.2) is 72.8 Å². The van der Waals surface area contributed by atoms with Crippen molar-refractivity contribution in [3.05, 3.63) is 83.9 Å². The van der Waals surface area contributed by atoms with Crippen LogP contribution in [0.1, 0.15) is 25.0 Å². The van der Waals surface area contributed by atoms with E-state index in [0.29, 0.717) is 0 Å². The molecule has 0 saturated heterocycles. The molecular weight excluding hydrogens is 420 g/mol. The second-order valence-electron chi connectivity index (χ2n) is 8.21. The minimum Gasteiger partial charge on any atom is -0.480 e. The molecule has 33 heavy (non-hydrogen) atoms. The maximum atomic E-state index is 12.9. The Balaban J connectivity index is 1.63. The smallest absolute Gasteiger partial charge is 0.408 e. The van der Waals surface area contributed by atoms with Crippen molar-refractivity contribution in [3.8, 4) is 0 Å². The largest absolute Gasteiger partial charge is 0.480 e. The molecule has 0 radical (unpaired) electrons. The van der Waals surface area contributed by atoms with E-state index >= 15 is 0 Å². The van der Waals surface area contributed by atoms with Gasteiger partial charge in [-0.15, -0.1) is 0 Å². The summed E-state index contributed by atoms with van der Waals surface area (Å²) in [4.78, 5) is 37.0. The number of carbonyl (C=O) groups excluding carboxylic acids is 2. The Morgan fingerprint density at radius 2 is 1.52 bits per heavy atom. The SMILES string of the molecule is CC(C)[C@H](NC(=O)OCc1ccccc1)C(=O)N[C@@H](Cc1ccc2ccccc2c1)C(=O)O. The van der Waals surface area contributed by atoms with E-state index in [9.17, 15) is 19.5 Å². The number of carboxylic acids is 1. The Hall–Kier alpha value is -3.87. The van der Waals surface area contributed by atoms with Gasteiger partial charge in [-0.1, -0.05) is 86.6 Å². The molecule has 3 aromatic carbocycles. The van der Waals surface area contributed by atoms with Gasteiger partial charge in [-0.2, -0.15) is 0 Å². The molecule has 0 bridgehead atoms. The number of hydrogen-bond donors (Lipinski definition) is 3. The molecule has 0 heterocycles. The third-order valence-electron chi connectivity index (χ3n) is 5.30. The lowest BCUT2D eigenvalue weighted by molar-refractivity contribution is -0.142. The van der Waals surface area contributed by atoms with Gasteiger partial charge in [0.25, 0.3) is 0 Å². The molecule has 0 spiro atoms. The van der Waals surface area contributed by atoms with Gasteiger partial charge >= 0.3 is 12.1 Å². The van der Waals surface area contributed by atoms with Gasteiger partial charge < -0.3 is 20.5 Å². The van der Waals surface area contributed by atoms with Crippen molar-refractivity contribution in [2.75, 3.05) is 0 Å². The van der Waals surface area contributed by atoms with Crippen LogP contribution in [0.5, 0.6) is 0 Å². The lowest BCUT2D eigenvalue weighted by Gasteiger charge is -2.24. The van der Waals surface area contributed by atoms with Gasteiger partial charge in [-0.3, -0.25) is 4.79 Å². The predicted molar refractivity (Wildman–Crippen MR) is 126 cm³/mol. The summed E-state index contributed by atoms with van der Waals surface area (Å²) in [7, 11) is 0. The zero-order valence-corrected chi connectivity index (χ0v) is 18.7. The van der Waals surface area contributed by atoms with Gasteiger partial charge in [-0.05, 0) is 27.8 Å². The predicted octanol–water partition coefficient (Wildman–Crippen LogP) is 3.90. The molecule has 7 heteroatoms. The molecular formula is C26H28N2O5. The van der Waals surface area contributed by atoms with Crippen molar-refractivity contribution in [1.29, 1.82) is 0 Å². The first-order valence-corrected chi connectivity index (χ1v) is 10.8. The molecule has 0 aliphatic heterocycles. The fourth-order valence-electron chi connectivity index (χ4n) is 3.49. The number of carbonyl (C=O) groups is 3. The van der Waals surface area contributed by atoms with Crippen LogP contribution >= 0.6 is 0 Å². The van der Waals surface area contributed by atoms with E-state index in [1.165, 1.54) is 0 Å². The number of alkyl carbamates (subject to hydrolysis) is 1. The van der Waals surface area contributed by atoms with Crippen LogP contribution in [0.4, 0.5) is 4.79 Å². The van der Waals surface area contributed by atoms with Crippen molar-refractivity contribution in [2.24, 2.45) is 5.92 Å². The number of fused-ring (bicyclic) bond motifs is 1. The van der Waals surface area contributed by atoms with Crippen LogP contribution in [-0.2, 0) is 27.4 Å². The van der Waals surface area contributed by atoms with E-state index in [1.54, 1.807) is 13.8 Å². The van der Waals surface area contributed by atoms with Gasteiger partial charge in [-0.25, -0.2) is 9.59 Å². The minimum absolute atomic E-state index is 0.0683. The maximum Gasteiger partial charge on any atom is 0.408 e. The van der Waals surface area contributed by atoms with Gasteiger partial charge in [0.15, 0.2) is 0 Å². The molecule has 0 saturated carbocycles. The van der Waals surface area contributed by atoms with E-state index in [4.69, 9.17) is 4.74 Å². The number of amides is 2. The number of nitrogens with one attached hydrogen (secondary N) is 2. The fraction of sp³-hybridized carbons (Fsp3) is 0.269. The summed E-state index contributed by atoms with van der Waals surface area (Å²) in [5.41, 5.74) is 1.61. The first-order chi connectivity index (χ1) is 15.8. The molecule has 0 aliphatic carbocycles. The third-order valence-corrected chi connectivity index (χ3v) is 5.30. The van der Waals surface area contributed by atoms with Gasteiger partial charge in [0.05, 0.1) is 0 Å². The number of hydrogen-bond acceptors (Lipinski definition) is 4. The summed E-state index contributed by atoms with van der Waals surface area (Å²) in [5.74, 6) is -2.00. The molecule has 3 aromatic rings.